The van der Waals surface area contributed by atoms with Crippen molar-refractivity contribution in [3.8, 4) is 0 Å². The molecule has 0 amide bonds. The van der Waals surface area contributed by atoms with Crippen molar-refractivity contribution in [3.63, 3.8) is 0 Å². The van der Waals surface area contributed by atoms with Crippen LogP contribution in [0.4, 0.5) is 4.39 Å². The lowest BCUT2D eigenvalue weighted by Crippen LogP contribution is -2.22. The third-order valence-corrected chi connectivity index (χ3v) is 4.29. The maximum Gasteiger partial charge on any atom is 0.259 e. The molecule has 0 spiro atoms. The summed E-state index contributed by atoms with van der Waals surface area (Å²) in [4.78, 5) is 16.4. The molecule has 0 radical (unpaired) electrons. The van der Waals surface area contributed by atoms with Gasteiger partial charge in [-0.2, -0.15) is 5.10 Å². The second-order valence-corrected chi connectivity index (χ2v) is 5.49. The van der Waals surface area contributed by atoms with Gasteiger partial charge in [0.1, 0.15) is 18.8 Å². The Morgan fingerprint density at radius 3 is 3.10 bits per heavy atom. The van der Waals surface area contributed by atoms with E-state index in [1.165, 1.54) is 26.9 Å². The molecule has 8 heteroatoms. The van der Waals surface area contributed by atoms with E-state index >= 15 is 0 Å². The summed E-state index contributed by atoms with van der Waals surface area (Å²) in [7, 11) is 0. The predicted molar refractivity (Wildman–Crippen MR) is 76.2 cm³/mol. The number of aromatic nitrogens is 4. The molecular weight excluding hydrogens is 303 g/mol. The molecule has 104 valence electrons. The van der Waals surface area contributed by atoms with Gasteiger partial charge in [0.05, 0.1) is 28.2 Å². The minimum atomic E-state index is -0.532. The third-order valence-electron chi connectivity index (χ3n) is 2.95. The van der Waals surface area contributed by atoms with E-state index in [9.17, 15) is 9.18 Å². The topological polar surface area (TPSA) is 52.7 Å². The highest BCUT2D eigenvalue weighted by Crippen LogP contribution is 2.25. The van der Waals surface area contributed by atoms with Crippen LogP contribution in [-0.2, 0) is 13.1 Å². The summed E-state index contributed by atoms with van der Waals surface area (Å²) in [6, 6.07) is 1.75. The summed E-state index contributed by atoms with van der Waals surface area (Å²) in [5.74, 6) is 0.524. The van der Waals surface area contributed by atoms with Gasteiger partial charge in [0.2, 0.25) is 0 Å². The van der Waals surface area contributed by atoms with E-state index in [1.54, 1.807) is 12.3 Å². The molecule has 3 aromatic heterocycles. The average molecular weight is 313 g/mol. The predicted octanol–water partition coefficient (Wildman–Crippen LogP) is 2.33. The molecule has 3 aromatic rings. The number of thiophene rings is 1. The number of hydrogen-bond acceptors (Lipinski definition) is 4. The van der Waals surface area contributed by atoms with Crippen molar-refractivity contribution in [3.05, 3.63) is 45.2 Å². The van der Waals surface area contributed by atoms with Gasteiger partial charge >= 0.3 is 0 Å². The number of alkyl halides is 1. The third kappa shape index (κ3) is 2.23. The number of pyridine rings is 1. The van der Waals surface area contributed by atoms with E-state index in [4.69, 9.17) is 11.6 Å². The van der Waals surface area contributed by atoms with Crippen LogP contribution in [-0.4, -0.2) is 26.0 Å². The summed E-state index contributed by atoms with van der Waals surface area (Å²) < 4.78 is 16.1. The smallest absolute Gasteiger partial charge is 0.259 e. The summed E-state index contributed by atoms with van der Waals surface area (Å²) in [6.45, 7) is -0.196. The van der Waals surface area contributed by atoms with E-state index in [1.807, 2.05) is 5.38 Å². The second-order valence-electron chi connectivity index (χ2n) is 4.16. The van der Waals surface area contributed by atoms with E-state index in [0.29, 0.717) is 16.2 Å². The first-order valence-corrected chi connectivity index (χ1v) is 7.15. The summed E-state index contributed by atoms with van der Waals surface area (Å²) >= 11 is 7.59. The Balaban J connectivity index is 2.04. The lowest BCUT2D eigenvalue weighted by Gasteiger charge is -2.07. The van der Waals surface area contributed by atoms with Gasteiger partial charge < -0.3 is 4.57 Å². The average Bonchev–Trinajstić information content (AvgIpc) is 3.06. The lowest BCUT2D eigenvalue weighted by molar-refractivity contribution is 0.416. The Hall–Kier alpha value is -1.73. The van der Waals surface area contributed by atoms with Crippen LogP contribution in [0.2, 0.25) is 5.02 Å². The molecule has 0 aliphatic heterocycles. The number of nitrogens with zero attached hydrogens (tertiary/aromatic N) is 4. The largest absolute Gasteiger partial charge is 0.306 e. The number of hydrogen-bond donors (Lipinski definition) is 0. The van der Waals surface area contributed by atoms with Gasteiger partial charge in [-0.1, -0.05) is 11.6 Å². The van der Waals surface area contributed by atoms with Crippen molar-refractivity contribution in [2.45, 2.75) is 13.1 Å². The van der Waals surface area contributed by atoms with Gasteiger partial charge in [-0.05, 0) is 11.4 Å². The highest BCUT2D eigenvalue weighted by atomic mass is 35.5. The van der Waals surface area contributed by atoms with Crippen molar-refractivity contribution < 1.29 is 4.39 Å². The molecule has 5 nitrogen and oxygen atoms in total. The van der Waals surface area contributed by atoms with Crippen LogP contribution in [0.15, 0.2) is 28.8 Å². The molecule has 0 saturated carbocycles. The highest BCUT2D eigenvalue weighted by molar-refractivity contribution is 7.17. The number of fused-ring (bicyclic) bond motifs is 1. The molecule has 0 saturated heterocycles. The monoisotopic (exact) mass is 312 g/mol. The normalized spacial score (nSPS) is 11.3. The quantitative estimate of drug-likeness (QED) is 0.743. The first kappa shape index (κ1) is 13.3. The summed E-state index contributed by atoms with van der Waals surface area (Å²) in [5.41, 5.74) is -0.138. The number of halogens is 2. The number of aryl methyl sites for hydroxylation is 1. The molecule has 0 unspecified atom stereocenters. The van der Waals surface area contributed by atoms with Gasteiger partial charge in [-0.3, -0.25) is 4.79 Å². The van der Waals surface area contributed by atoms with Gasteiger partial charge in [-0.25, -0.2) is 14.1 Å². The molecule has 0 aliphatic rings. The molecule has 20 heavy (non-hydrogen) atoms. The second kappa shape index (κ2) is 5.34. The zero-order valence-electron chi connectivity index (χ0n) is 10.3. The first-order valence-electron chi connectivity index (χ1n) is 5.89. The standard InChI is InChI=1S/C12H10ClFN4OS/c13-9-5-17(12(19)8-1-4-20-11(8)9)6-10-15-7-16-18(10)3-2-14/h1,4-5,7H,2-3,6H2. The highest BCUT2D eigenvalue weighted by Gasteiger charge is 2.11. The van der Waals surface area contributed by atoms with E-state index < -0.39 is 6.67 Å². The molecule has 0 fully saturated rings. The minimum absolute atomic E-state index is 0.124. The van der Waals surface area contributed by atoms with Crippen LogP contribution in [0.25, 0.3) is 10.1 Å². The van der Waals surface area contributed by atoms with Gasteiger partial charge in [0.15, 0.2) is 0 Å². The Morgan fingerprint density at radius 1 is 1.45 bits per heavy atom. The SMILES string of the molecule is O=c1c2ccsc2c(Cl)cn1Cc1ncnn1CCF. The van der Waals surface area contributed by atoms with Crippen molar-refractivity contribution >= 4 is 33.0 Å². The molecule has 3 heterocycles. The van der Waals surface area contributed by atoms with Crippen molar-refractivity contribution in [1.82, 2.24) is 19.3 Å². The van der Waals surface area contributed by atoms with E-state index in [-0.39, 0.29) is 18.6 Å². The van der Waals surface area contributed by atoms with Gasteiger partial charge in [0.25, 0.3) is 5.56 Å². The van der Waals surface area contributed by atoms with E-state index in [2.05, 4.69) is 10.1 Å². The van der Waals surface area contributed by atoms with E-state index in [0.717, 1.165) is 4.70 Å². The number of rotatable bonds is 4. The fraction of sp³-hybridized carbons (Fsp3) is 0.250. The van der Waals surface area contributed by atoms with Crippen LogP contribution < -0.4 is 5.56 Å². The fourth-order valence-electron chi connectivity index (χ4n) is 2.02. The molecule has 0 atom stereocenters. The Labute approximate surface area is 122 Å². The Kier molecular flexibility index (Phi) is 3.54. The van der Waals surface area contributed by atoms with Crippen LogP contribution in [0, 0.1) is 0 Å². The van der Waals surface area contributed by atoms with Gasteiger partial charge in [0, 0.05) is 6.20 Å². The molecule has 3 rings (SSSR count). The van der Waals surface area contributed by atoms with Crippen LogP contribution in [0.5, 0.6) is 0 Å². The molecule has 0 N–H and O–H groups in total. The molecule has 0 aliphatic carbocycles. The fourth-order valence-corrected chi connectivity index (χ4v) is 3.16. The van der Waals surface area contributed by atoms with Crippen LogP contribution >= 0.6 is 22.9 Å². The molecule has 0 aromatic carbocycles. The summed E-state index contributed by atoms with van der Waals surface area (Å²) in [6.07, 6.45) is 2.93. The zero-order valence-corrected chi connectivity index (χ0v) is 11.9. The summed E-state index contributed by atoms with van der Waals surface area (Å²) in [5, 5.41) is 6.86. The molecule has 0 bridgehead atoms. The zero-order chi connectivity index (χ0) is 14.1. The van der Waals surface area contributed by atoms with Crippen LogP contribution in [0.1, 0.15) is 5.82 Å². The molecular formula is C12H10ClFN4OS. The lowest BCUT2D eigenvalue weighted by atomic mass is 10.3. The first-order chi connectivity index (χ1) is 9.70. The van der Waals surface area contributed by atoms with Crippen molar-refractivity contribution in [2.24, 2.45) is 0 Å². The van der Waals surface area contributed by atoms with Crippen molar-refractivity contribution in [1.29, 1.82) is 0 Å². The maximum absolute atomic E-state index is 12.4. The van der Waals surface area contributed by atoms with Crippen LogP contribution in [0.3, 0.4) is 0 Å². The van der Waals surface area contributed by atoms with Crippen molar-refractivity contribution in [2.75, 3.05) is 6.67 Å². The van der Waals surface area contributed by atoms with Gasteiger partial charge in [-0.15, -0.1) is 11.3 Å². The Bertz CT molecular complexity index is 809. The Morgan fingerprint density at radius 2 is 2.30 bits per heavy atom. The minimum Gasteiger partial charge on any atom is -0.306 e. The maximum atomic E-state index is 12.4.